The molecule has 88 valence electrons. The highest BCUT2D eigenvalue weighted by atomic mass is 31.2. The normalized spacial score (nSPS) is 11.7. The zero-order chi connectivity index (χ0) is 11.7. The van der Waals surface area contributed by atoms with Gasteiger partial charge in [0.15, 0.2) is 0 Å². The van der Waals surface area contributed by atoms with Gasteiger partial charge in [0.1, 0.15) is 6.21 Å². The van der Waals surface area contributed by atoms with Gasteiger partial charge in [0.25, 0.3) is 0 Å². The van der Waals surface area contributed by atoms with E-state index in [4.69, 9.17) is 9.05 Å². The van der Waals surface area contributed by atoms with Gasteiger partial charge in [-0.25, -0.2) is 14.6 Å². The number of ether oxygens (including phenoxy) is 1. The highest BCUT2D eigenvalue weighted by molar-refractivity contribution is 7.51. The summed E-state index contributed by atoms with van der Waals surface area (Å²) in [4.78, 5) is 10.6. The van der Waals surface area contributed by atoms with E-state index in [2.05, 4.69) is 15.0 Å². The van der Waals surface area contributed by atoms with Gasteiger partial charge in [-0.15, -0.1) is 0 Å². The minimum absolute atomic E-state index is 0.206. The van der Waals surface area contributed by atoms with Crippen LogP contribution in [0.3, 0.4) is 0 Å². The molecule has 0 amide bonds. The van der Waals surface area contributed by atoms with Crippen molar-refractivity contribution in [1.29, 1.82) is 0 Å². The van der Waals surface area contributed by atoms with Gasteiger partial charge < -0.3 is 4.74 Å². The largest absolute Gasteiger partial charge is 0.465 e. The van der Waals surface area contributed by atoms with E-state index in [9.17, 15) is 9.36 Å². The van der Waals surface area contributed by atoms with E-state index >= 15 is 0 Å². The molecule has 0 heterocycles. The molecule has 0 aliphatic carbocycles. The Balaban J connectivity index is 4.23. The number of carbonyl (C=O) groups excluding carboxylic acids is 1. The Morgan fingerprint density at radius 1 is 1.40 bits per heavy atom. The standard InChI is InChI=1S/C7H15N2O5P/c1-4-13-15(11,14-5-2)9-8-6-7(10)12-3/h6H,4-5H2,1-3H3,(H,9,11)/b8-6+. The second-order valence-corrected chi connectivity index (χ2v) is 3.93. The maximum absolute atomic E-state index is 11.7. The van der Waals surface area contributed by atoms with Crippen molar-refractivity contribution in [2.45, 2.75) is 13.8 Å². The summed E-state index contributed by atoms with van der Waals surface area (Å²) in [6.07, 6.45) is 0.838. The van der Waals surface area contributed by atoms with Crippen LogP contribution in [0.5, 0.6) is 0 Å². The summed E-state index contributed by atoms with van der Waals surface area (Å²) in [6.45, 7) is 3.74. The predicted octanol–water partition coefficient (Wildman–Crippen LogP) is 0.916. The highest BCUT2D eigenvalue weighted by Gasteiger charge is 2.22. The molecule has 0 rings (SSSR count). The maximum atomic E-state index is 11.7. The highest BCUT2D eigenvalue weighted by Crippen LogP contribution is 2.43. The SMILES string of the molecule is CCOP(=O)(N/N=C/C(=O)OC)OCC. The Kier molecular flexibility index (Phi) is 6.94. The first-order valence-corrected chi connectivity index (χ1v) is 5.89. The zero-order valence-electron chi connectivity index (χ0n) is 8.93. The first-order chi connectivity index (χ1) is 7.08. The average Bonchev–Trinajstić information content (AvgIpc) is 2.18. The first kappa shape index (κ1) is 14.1. The van der Waals surface area contributed by atoms with Crippen molar-refractivity contribution in [3.05, 3.63) is 0 Å². The van der Waals surface area contributed by atoms with Crippen molar-refractivity contribution in [2.75, 3.05) is 20.3 Å². The molecule has 1 N–H and O–H groups in total. The summed E-state index contributed by atoms with van der Waals surface area (Å²) in [5.41, 5.74) is 0. The Hall–Kier alpha value is -0.910. The van der Waals surface area contributed by atoms with Crippen LogP contribution in [0.15, 0.2) is 5.10 Å². The lowest BCUT2D eigenvalue weighted by atomic mass is 10.8. The second-order valence-electron chi connectivity index (χ2n) is 2.21. The Labute approximate surface area is 88.4 Å². The van der Waals surface area contributed by atoms with E-state index in [0.717, 1.165) is 6.21 Å². The van der Waals surface area contributed by atoms with Gasteiger partial charge in [-0.1, -0.05) is 0 Å². The molecule has 0 aromatic heterocycles. The quantitative estimate of drug-likeness (QED) is 0.307. The molecule has 0 saturated carbocycles. The fourth-order valence-corrected chi connectivity index (χ4v) is 1.71. The van der Waals surface area contributed by atoms with Crippen molar-refractivity contribution < 1.29 is 23.1 Å². The lowest BCUT2D eigenvalue weighted by Gasteiger charge is -2.14. The number of hydrogen-bond donors (Lipinski definition) is 1. The van der Waals surface area contributed by atoms with E-state index in [1.165, 1.54) is 7.11 Å². The van der Waals surface area contributed by atoms with Crippen molar-refractivity contribution >= 4 is 19.9 Å². The van der Waals surface area contributed by atoms with Crippen molar-refractivity contribution in [1.82, 2.24) is 5.20 Å². The van der Waals surface area contributed by atoms with Gasteiger partial charge in [0.05, 0.1) is 20.3 Å². The molecule has 0 radical (unpaired) electrons. The molecular weight excluding hydrogens is 223 g/mol. The van der Waals surface area contributed by atoms with Gasteiger partial charge >= 0.3 is 13.7 Å². The third kappa shape index (κ3) is 6.22. The van der Waals surface area contributed by atoms with Crippen LogP contribution >= 0.6 is 7.75 Å². The molecule has 0 aromatic carbocycles. The van der Waals surface area contributed by atoms with Crippen LogP contribution in [-0.4, -0.2) is 32.5 Å². The van der Waals surface area contributed by atoms with Gasteiger partial charge in [0, 0.05) is 0 Å². The lowest BCUT2D eigenvalue weighted by Crippen LogP contribution is -2.11. The summed E-state index contributed by atoms with van der Waals surface area (Å²) < 4.78 is 25.6. The first-order valence-electron chi connectivity index (χ1n) is 4.35. The second kappa shape index (κ2) is 7.39. The maximum Gasteiger partial charge on any atom is 0.448 e. The van der Waals surface area contributed by atoms with E-state index in [-0.39, 0.29) is 13.2 Å². The molecule has 0 atom stereocenters. The van der Waals surface area contributed by atoms with Crippen LogP contribution < -0.4 is 5.20 Å². The third-order valence-corrected chi connectivity index (χ3v) is 2.71. The fraction of sp³-hybridized carbons (Fsp3) is 0.714. The average molecular weight is 238 g/mol. The number of hydrazone groups is 1. The van der Waals surface area contributed by atoms with E-state index in [0.29, 0.717) is 0 Å². The van der Waals surface area contributed by atoms with E-state index < -0.39 is 13.7 Å². The van der Waals surface area contributed by atoms with Gasteiger partial charge in [-0.2, -0.15) is 5.10 Å². The van der Waals surface area contributed by atoms with Crippen LogP contribution in [0.4, 0.5) is 0 Å². The summed E-state index contributed by atoms with van der Waals surface area (Å²) in [5, 5.41) is 5.53. The molecule has 0 bridgehead atoms. The zero-order valence-corrected chi connectivity index (χ0v) is 9.82. The van der Waals surface area contributed by atoms with Crippen molar-refractivity contribution in [2.24, 2.45) is 5.10 Å². The summed E-state index contributed by atoms with van der Waals surface area (Å²) in [7, 11) is -2.23. The van der Waals surface area contributed by atoms with Crippen LogP contribution in [0.25, 0.3) is 0 Å². The molecule has 0 saturated heterocycles. The lowest BCUT2D eigenvalue weighted by molar-refractivity contribution is -0.132. The third-order valence-electron chi connectivity index (χ3n) is 1.15. The molecule has 0 aromatic rings. The number of rotatable bonds is 7. The Morgan fingerprint density at radius 3 is 2.33 bits per heavy atom. The summed E-state index contributed by atoms with van der Waals surface area (Å²) in [5.74, 6) is -0.665. The van der Waals surface area contributed by atoms with Gasteiger partial charge in [-0.05, 0) is 13.8 Å². The molecular formula is C7H15N2O5P. The van der Waals surface area contributed by atoms with Crippen LogP contribution in [0.2, 0.25) is 0 Å². The molecule has 0 unspecified atom stereocenters. The molecule has 0 aliphatic heterocycles. The summed E-state index contributed by atoms with van der Waals surface area (Å²) in [6, 6.07) is 0. The number of carbonyl (C=O) groups is 1. The monoisotopic (exact) mass is 238 g/mol. The molecule has 0 fully saturated rings. The molecule has 0 aliphatic rings. The number of nitrogens with one attached hydrogen (secondary N) is 1. The Bertz CT molecular complexity index is 258. The van der Waals surface area contributed by atoms with Crippen molar-refractivity contribution in [3.8, 4) is 0 Å². The smallest absolute Gasteiger partial charge is 0.448 e. The molecule has 0 spiro atoms. The van der Waals surface area contributed by atoms with Crippen molar-refractivity contribution in [3.63, 3.8) is 0 Å². The summed E-state index contributed by atoms with van der Waals surface area (Å²) >= 11 is 0. The van der Waals surface area contributed by atoms with Crippen LogP contribution in [-0.2, 0) is 23.1 Å². The molecule has 8 heteroatoms. The number of hydrogen-bond acceptors (Lipinski definition) is 6. The molecule has 15 heavy (non-hydrogen) atoms. The number of methoxy groups -OCH3 is 1. The van der Waals surface area contributed by atoms with E-state index in [1.807, 2.05) is 0 Å². The minimum atomic E-state index is -3.44. The van der Waals surface area contributed by atoms with Gasteiger partial charge in [0.2, 0.25) is 0 Å². The van der Waals surface area contributed by atoms with E-state index in [1.54, 1.807) is 13.8 Å². The Morgan fingerprint density at radius 2 is 1.93 bits per heavy atom. The number of nitrogens with zero attached hydrogens (tertiary/aromatic N) is 1. The molecule has 7 nitrogen and oxygen atoms in total. The fourth-order valence-electron chi connectivity index (χ4n) is 0.640. The van der Waals surface area contributed by atoms with Crippen LogP contribution in [0.1, 0.15) is 13.8 Å². The minimum Gasteiger partial charge on any atom is -0.465 e. The topological polar surface area (TPSA) is 86.2 Å². The number of esters is 1. The predicted molar refractivity (Wildman–Crippen MR) is 54.5 cm³/mol. The van der Waals surface area contributed by atoms with Crippen LogP contribution in [0, 0.1) is 0 Å². The van der Waals surface area contributed by atoms with Gasteiger partial charge in [-0.3, -0.25) is 9.05 Å².